The highest BCUT2D eigenvalue weighted by Crippen LogP contribution is 2.30. The summed E-state index contributed by atoms with van der Waals surface area (Å²) < 4.78 is 0. The number of benzene rings is 1. The van der Waals surface area contributed by atoms with Gasteiger partial charge in [-0.3, -0.25) is 9.59 Å². The van der Waals surface area contributed by atoms with Gasteiger partial charge in [0.15, 0.2) is 0 Å². The van der Waals surface area contributed by atoms with E-state index in [1.165, 1.54) is 19.8 Å². The van der Waals surface area contributed by atoms with Crippen molar-refractivity contribution in [1.29, 1.82) is 0 Å². The number of rotatable bonds is 5. The first-order chi connectivity index (χ1) is 11.4. The molecule has 4 atom stereocenters. The Morgan fingerprint density at radius 1 is 1.17 bits per heavy atom. The second-order valence-electron chi connectivity index (χ2n) is 6.85. The molecule has 1 aliphatic rings. The molecule has 0 aliphatic heterocycles. The summed E-state index contributed by atoms with van der Waals surface area (Å²) in [4.78, 5) is 24.6. The Morgan fingerprint density at radius 2 is 1.83 bits per heavy atom. The molecule has 1 fully saturated rings. The number of hydrogen-bond donors (Lipinski definition) is 2. The molecular formula is C19H28N2O2S. The Hall–Kier alpha value is -1.49. The van der Waals surface area contributed by atoms with E-state index in [0.29, 0.717) is 17.9 Å². The number of thioether (sulfide) groups is 1. The zero-order valence-corrected chi connectivity index (χ0v) is 15.8. The van der Waals surface area contributed by atoms with Crippen LogP contribution in [0.15, 0.2) is 29.2 Å². The highest BCUT2D eigenvalue weighted by molar-refractivity contribution is 8.00. The van der Waals surface area contributed by atoms with Gasteiger partial charge in [0, 0.05) is 23.5 Å². The lowest BCUT2D eigenvalue weighted by Gasteiger charge is -2.35. The number of hydrogen-bond acceptors (Lipinski definition) is 3. The van der Waals surface area contributed by atoms with Crippen molar-refractivity contribution in [2.45, 2.75) is 63.1 Å². The third kappa shape index (κ3) is 5.26. The summed E-state index contributed by atoms with van der Waals surface area (Å²) in [6.45, 7) is 7.95. The molecule has 2 N–H and O–H groups in total. The van der Waals surface area contributed by atoms with E-state index in [-0.39, 0.29) is 17.1 Å². The summed E-state index contributed by atoms with van der Waals surface area (Å²) in [6.07, 6.45) is 3.54. The van der Waals surface area contributed by atoms with Crippen LogP contribution in [0.3, 0.4) is 0 Å². The van der Waals surface area contributed by atoms with Crippen LogP contribution in [0.4, 0.5) is 5.69 Å². The maximum Gasteiger partial charge on any atom is 0.233 e. The molecule has 0 saturated heterocycles. The highest BCUT2D eigenvalue weighted by atomic mass is 32.2. The van der Waals surface area contributed by atoms with Gasteiger partial charge in [-0.1, -0.05) is 26.7 Å². The van der Waals surface area contributed by atoms with Crippen molar-refractivity contribution in [2.24, 2.45) is 11.8 Å². The molecular weight excluding hydrogens is 320 g/mol. The Labute approximate surface area is 149 Å². The Kier molecular flexibility index (Phi) is 6.72. The van der Waals surface area contributed by atoms with E-state index in [4.69, 9.17) is 0 Å². The predicted octanol–water partition coefficient (Wildman–Crippen LogP) is 4.07. The van der Waals surface area contributed by atoms with Gasteiger partial charge in [0.25, 0.3) is 0 Å². The minimum atomic E-state index is -0.138. The minimum absolute atomic E-state index is 0.0843. The molecule has 0 aromatic heterocycles. The lowest BCUT2D eigenvalue weighted by molar-refractivity contribution is -0.121. The van der Waals surface area contributed by atoms with Gasteiger partial charge in [-0.15, -0.1) is 11.8 Å². The molecule has 1 aromatic carbocycles. The molecule has 1 saturated carbocycles. The molecule has 1 aliphatic carbocycles. The fourth-order valence-electron chi connectivity index (χ4n) is 3.16. The van der Waals surface area contributed by atoms with E-state index in [1.54, 1.807) is 11.8 Å². The van der Waals surface area contributed by atoms with Crippen molar-refractivity contribution in [3.05, 3.63) is 24.3 Å². The van der Waals surface area contributed by atoms with Crippen LogP contribution < -0.4 is 10.6 Å². The van der Waals surface area contributed by atoms with E-state index < -0.39 is 0 Å². The number of carbonyl (C=O) groups is 2. The van der Waals surface area contributed by atoms with Crippen molar-refractivity contribution in [3.63, 3.8) is 0 Å². The van der Waals surface area contributed by atoms with Crippen molar-refractivity contribution in [2.75, 3.05) is 5.32 Å². The molecule has 132 valence electrons. The Morgan fingerprint density at radius 3 is 2.46 bits per heavy atom. The van der Waals surface area contributed by atoms with Crippen molar-refractivity contribution in [3.8, 4) is 0 Å². The fourth-order valence-corrected chi connectivity index (χ4v) is 4.04. The minimum Gasteiger partial charge on any atom is -0.352 e. The number of nitrogens with one attached hydrogen (secondary N) is 2. The Bertz CT molecular complexity index is 573. The molecule has 5 heteroatoms. The molecule has 2 amide bonds. The molecule has 4 nitrogen and oxygen atoms in total. The molecule has 0 heterocycles. The molecule has 1 aromatic rings. The average Bonchev–Trinajstić information content (AvgIpc) is 2.53. The number of amides is 2. The lowest BCUT2D eigenvalue weighted by atomic mass is 9.78. The van der Waals surface area contributed by atoms with Crippen LogP contribution in [0.5, 0.6) is 0 Å². The smallest absolute Gasteiger partial charge is 0.233 e. The standard InChI is InChI=1S/C19H28N2O2S/c1-12-6-5-7-18(13(12)2)21-19(23)14(3)24-17-10-8-16(9-11-17)20-15(4)22/h8-14,18H,5-7H2,1-4H3,(H,20,22)(H,21,23)/t12-,13+,14-,18+/m1/s1. The molecule has 0 spiro atoms. The first-order valence-corrected chi connectivity index (χ1v) is 9.59. The maximum absolute atomic E-state index is 12.5. The van der Waals surface area contributed by atoms with Crippen LogP contribution in [0.25, 0.3) is 0 Å². The second kappa shape index (κ2) is 8.56. The fraction of sp³-hybridized carbons (Fsp3) is 0.579. The topological polar surface area (TPSA) is 58.2 Å². The maximum atomic E-state index is 12.5. The quantitative estimate of drug-likeness (QED) is 0.789. The molecule has 0 unspecified atom stereocenters. The van der Waals surface area contributed by atoms with Crippen LogP contribution in [0.2, 0.25) is 0 Å². The zero-order chi connectivity index (χ0) is 17.7. The Balaban J connectivity index is 1.88. The van der Waals surface area contributed by atoms with Gasteiger partial charge in [-0.2, -0.15) is 0 Å². The van der Waals surface area contributed by atoms with Gasteiger partial charge in [-0.25, -0.2) is 0 Å². The van der Waals surface area contributed by atoms with Crippen LogP contribution >= 0.6 is 11.8 Å². The van der Waals surface area contributed by atoms with Crippen LogP contribution in [0, 0.1) is 11.8 Å². The van der Waals surface area contributed by atoms with E-state index in [0.717, 1.165) is 17.0 Å². The first kappa shape index (κ1) is 18.8. The van der Waals surface area contributed by atoms with Gasteiger partial charge in [0.1, 0.15) is 0 Å². The van der Waals surface area contributed by atoms with E-state index in [9.17, 15) is 9.59 Å². The molecule has 2 rings (SSSR count). The third-order valence-electron chi connectivity index (χ3n) is 4.89. The van der Waals surface area contributed by atoms with Crippen molar-refractivity contribution in [1.82, 2.24) is 5.32 Å². The van der Waals surface area contributed by atoms with E-state index in [2.05, 4.69) is 24.5 Å². The summed E-state index contributed by atoms with van der Waals surface area (Å²) in [5.74, 6) is 1.24. The second-order valence-corrected chi connectivity index (χ2v) is 8.26. The lowest BCUT2D eigenvalue weighted by Crippen LogP contribution is -2.46. The molecule has 24 heavy (non-hydrogen) atoms. The average molecular weight is 349 g/mol. The summed E-state index contributed by atoms with van der Waals surface area (Å²) >= 11 is 1.55. The van der Waals surface area contributed by atoms with Crippen LogP contribution in [-0.2, 0) is 9.59 Å². The SMILES string of the molecule is CC(=O)Nc1ccc(S[C@H](C)C(=O)N[C@H]2CCC[C@@H](C)[C@@H]2C)cc1. The molecule has 0 radical (unpaired) electrons. The highest BCUT2D eigenvalue weighted by Gasteiger charge is 2.29. The third-order valence-corrected chi connectivity index (χ3v) is 6.00. The normalized spacial score (nSPS) is 24.9. The van der Waals surface area contributed by atoms with Crippen LogP contribution in [0.1, 0.15) is 47.0 Å². The van der Waals surface area contributed by atoms with Crippen molar-refractivity contribution >= 4 is 29.3 Å². The number of anilines is 1. The first-order valence-electron chi connectivity index (χ1n) is 8.71. The van der Waals surface area contributed by atoms with Crippen molar-refractivity contribution < 1.29 is 9.59 Å². The van der Waals surface area contributed by atoms with Gasteiger partial charge >= 0.3 is 0 Å². The number of carbonyl (C=O) groups excluding carboxylic acids is 2. The largest absolute Gasteiger partial charge is 0.352 e. The predicted molar refractivity (Wildman–Crippen MR) is 100 cm³/mol. The monoisotopic (exact) mass is 348 g/mol. The van der Waals surface area contributed by atoms with Crippen LogP contribution in [-0.4, -0.2) is 23.1 Å². The summed E-state index contributed by atoms with van der Waals surface area (Å²) in [6, 6.07) is 7.89. The van der Waals surface area contributed by atoms with Gasteiger partial charge in [-0.05, 0) is 49.4 Å². The van der Waals surface area contributed by atoms with Gasteiger partial charge < -0.3 is 10.6 Å². The summed E-state index contributed by atoms with van der Waals surface area (Å²) in [5, 5.41) is 5.85. The zero-order valence-electron chi connectivity index (χ0n) is 15.0. The summed E-state index contributed by atoms with van der Waals surface area (Å²) in [5.41, 5.74) is 0.772. The van der Waals surface area contributed by atoms with E-state index in [1.807, 2.05) is 31.2 Å². The van der Waals surface area contributed by atoms with E-state index >= 15 is 0 Å². The van der Waals surface area contributed by atoms with Gasteiger partial charge in [0.2, 0.25) is 11.8 Å². The molecule has 0 bridgehead atoms. The summed E-state index contributed by atoms with van der Waals surface area (Å²) in [7, 11) is 0. The van der Waals surface area contributed by atoms with Gasteiger partial charge in [0.05, 0.1) is 5.25 Å².